The summed E-state index contributed by atoms with van der Waals surface area (Å²) in [5.41, 5.74) is 0.903. The van der Waals surface area contributed by atoms with Gasteiger partial charge in [-0.05, 0) is 31.7 Å². The minimum atomic E-state index is -0.329. The lowest BCUT2D eigenvalue weighted by atomic mass is 10.1. The summed E-state index contributed by atoms with van der Waals surface area (Å²) in [6.45, 7) is 4.15. The van der Waals surface area contributed by atoms with Gasteiger partial charge < -0.3 is 19.5 Å². The monoisotopic (exact) mass is 285 g/mol. The number of hydrogen-bond acceptors (Lipinski definition) is 4. The van der Waals surface area contributed by atoms with Crippen LogP contribution in [-0.2, 0) is 9.47 Å². The third-order valence-corrected chi connectivity index (χ3v) is 3.01. The molecule has 0 aliphatic carbocycles. The average Bonchev–Trinajstić information content (AvgIpc) is 2.46. The molecular weight excluding hydrogens is 261 g/mol. The minimum Gasteiger partial charge on any atom is -0.490 e. The van der Waals surface area contributed by atoms with E-state index in [0.717, 1.165) is 12.0 Å². The molecule has 1 rings (SSSR count). The van der Waals surface area contributed by atoms with Crippen LogP contribution in [0.4, 0.5) is 4.39 Å². The first-order valence-corrected chi connectivity index (χ1v) is 6.85. The van der Waals surface area contributed by atoms with E-state index in [1.807, 2.05) is 20.0 Å². The molecule has 0 saturated carbocycles. The van der Waals surface area contributed by atoms with Gasteiger partial charge in [0.15, 0.2) is 11.6 Å². The Labute approximate surface area is 120 Å². The van der Waals surface area contributed by atoms with E-state index >= 15 is 0 Å². The predicted octanol–water partition coefficient (Wildman–Crippen LogP) is 2.54. The number of ether oxygens (including phenoxy) is 3. The summed E-state index contributed by atoms with van der Waals surface area (Å²) in [6, 6.07) is 5.16. The summed E-state index contributed by atoms with van der Waals surface area (Å²) in [5.74, 6) is -0.0427. The Bertz CT molecular complexity index is 387. The van der Waals surface area contributed by atoms with Gasteiger partial charge in [0.25, 0.3) is 0 Å². The topological polar surface area (TPSA) is 39.7 Å². The van der Waals surface area contributed by atoms with Gasteiger partial charge in [0.1, 0.15) is 0 Å². The molecule has 114 valence electrons. The van der Waals surface area contributed by atoms with E-state index in [1.54, 1.807) is 13.2 Å². The van der Waals surface area contributed by atoms with Crippen molar-refractivity contribution in [2.24, 2.45) is 0 Å². The molecule has 1 unspecified atom stereocenters. The zero-order valence-corrected chi connectivity index (χ0v) is 12.4. The maximum absolute atomic E-state index is 13.8. The molecule has 1 aromatic carbocycles. The van der Waals surface area contributed by atoms with Crippen LogP contribution in [0, 0.1) is 5.82 Å². The lowest BCUT2D eigenvalue weighted by Gasteiger charge is -2.13. The summed E-state index contributed by atoms with van der Waals surface area (Å²) < 4.78 is 29.4. The Hall–Kier alpha value is -1.17. The fraction of sp³-hybridized carbons (Fsp3) is 0.600. The van der Waals surface area contributed by atoms with Gasteiger partial charge in [0, 0.05) is 26.2 Å². The molecule has 0 aliphatic heterocycles. The Morgan fingerprint density at radius 2 is 2.00 bits per heavy atom. The maximum Gasteiger partial charge on any atom is 0.165 e. The molecule has 1 N–H and O–H groups in total. The van der Waals surface area contributed by atoms with Crippen molar-refractivity contribution in [1.29, 1.82) is 0 Å². The van der Waals surface area contributed by atoms with Gasteiger partial charge in [-0.3, -0.25) is 0 Å². The summed E-state index contributed by atoms with van der Waals surface area (Å²) in [6.07, 6.45) is 0.720. The molecule has 0 saturated heterocycles. The van der Waals surface area contributed by atoms with Crippen LogP contribution in [0.2, 0.25) is 0 Å². The highest BCUT2D eigenvalue weighted by molar-refractivity contribution is 5.30. The average molecular weight is 285 g/mol. The molecule has 20 heavy (non-hydrogen) atoms. The molecular formula is C15H24FNO3. The lowest BCUT2D eigenvalue weighted by Crippen LogP contribution is -2.12. The van der Waals surface area contributed by atoms with Crippen molar-refractivity contribution in [1.82, 2.24) is 5.32 Å². The fourth-order valence-corrected chi connectivity index (χ4v) is 1.66. The summed E-state index contributed by atoms with van der Waals surface area (Å²) in [7, 11) is 3.48. The van der Waals surface area contributed by atoms with Gasteiger partial charge in [-0.2, -0.15) is 0 Å². The molecule has 0 heterocycles. The Balaban J connectivity index is 2.30. The van der Waals surface area contributed by atoms with Crippen LogP contribution in [0.25, 0.3) is 0 Å². The van der Waals surface area contributed by atoms with Crippen molar-refractivity contribution in [3.8, 4) is 5.75 Å². The van der Waals surface area contributed by atoms with E-state index in [1.165, 1.54) is 6.07 Å². The molecule has 4 nitrogen and oxygen atoms in total. The van der Waals surface area contributed by atoms with Gasteiger partial charge in [0.2, 0.25) is 0 Å². The maximum atomic E-state index is 13.8. The highest BCUT2D eigenvalue weighted by atomic mass is 19.1. The standard InChI is InChI=1S/C15H24FNO3/c1-12(17-2)13-5-6-15(14(16)11-13)20-8-4-7-19-10-9-18-3/h5-6,11-12,17H,4,7-10H2,1-3H3. The molecule has 0 radical (unpaired) electrons. The van der Waals surface area contributed by atoms with Crippen molar-refractivity contribution < 1.29 is 18.6 Å². The van der Waals surface area contributed by atoms with Crippen LogP contribution in [-0.4, -0.2) is 40.6 Å². The van der Waals surface area contributed by atoms with Crippen LogP contribution in [0.5, 0.6) is 5.75 Å². The third kappa shape index (κ3) is 5.86. The molecule has 0 spiro atoms. The summed E-state index contributed by atoms with van der Waals surface area (Å²) in [4.78, 5) is 0. The highest BCUT2D eigenvalue weighted by Crippen LogP contribution is 2.21. The second-order valence-electron chi connectivity index (χ2n) is 4.51. The Morgan fingerprint density at radius 1 is 1.20 bits per heavy atom. The van der Waals surface area contributed by atoms with E-state index in [-0.39, 0.29) is 17.6 Å². The van der Waals surface area contributed by atoms with Crippen molar-refractivity contribution in [2.45, 2.75) is 19.4 Å². The molecule has 0 amide bonds. The summed E-state index contributed by atoms with van der Waals surface area (Å²) in [5, 5.41) is 3.07. The van der Waals surface area contributed by atoms with Gasteiger partial charge in [0.05, 0.1) is 19.8 Å². The van der Waals surface area contributed by atoms with Crippen LogP contribution in [0.1, 0.15) is 24.9 Å². The first-order chi connectivity index (χ1) is 9.69. The van der Waals surface area contributed by atoms with E-state index in [4.69, 9.17) is 14.2 Å². The highest BCUT2D eigenvalue weighted by Gasteiger charge is 2.08. The van der Waals surface area contributed by atoms with E-state index in [0.29, 0.717) is 26.4 Å². The number of benzene rings is 1. The first kappa shape index (κ1) is 16.9. The third-order valence-electron chi connectivity index (χ3n) is 3.01. The molecule has 1 atom stereocenters. The van der Waals surface area contributed by atoms with Crippen LogP contribution in [0.3, 0.4) is 0 Å². The van der Waals surface area contributed by atoms with Gasteiger partial charge in [-0.1, -0.05) is 6.07 Å². The fourth-order valence-electron chi connectivity index (χ4n) is 1.66. The number of nitrogens with one attached hydrogen (secondary N) is 1. The number of methoxy groups -OCH3 is 1. The first-order valence-electron chi connectivity index (χ1n) is 6.85. The summed E-state index contributed by atoms with van der Waals surface area (Å²) >= 11 is 0. The number of rotatable bonds is 10. The van der Waals surface area contributed by atoms with Crippen LogP contribution < -0.4 is 10.1 Å². The van der Waals surface area contributed by atoms with E-state index in [9.17, 15) is 4.39 Å². The smallest absolute Gasteiger partial charge is 0.165 e. The van der Waals surface area contributed by atoms with Crippen LogP contribution >= 0.6 is 0 Å². The molecule has 5 heteroatoms. The van der Waals surface area contributed by atoms with E-state index in [2.05, 4.69) is 5.32 Å². The molecule has 0 aliphatic rings. The molecule has 0 bridgehead atoms. The normalized spacial score (nSPS) is 12.4. The van der Waals surface area contributed by atoms with Gasteiger partial charge >= 0.3 is 0 Å². The zero-order valence-electron chi connectivity index (χ0n) is 12.4. The number of halogens is 1. The Kier molecular flexibility index (Phi) is 8.18. The molecule has 0 fully saturated rings. The lowest BCUT2D eigenvalue weighted by molar-refractivity contribution is 0.0642. The van der Waals surface area contributed by atoms with Crippen molar-refractivity contribution in [3.63, 3.8) is 0 Å². The van der Waals surface area contributed by atoms with Crippen molar-refractivity contribution in [3.05, 3.63) is 29.6 Å². The largest absolute Gasteiger partial charge is 0.490 e. The molecule has 1 aromatic rings. The van der Waals surface area contributed by atoms with Crippen LogP contribution in [0.15, 0.2) is 18.2 Å². The number of hydrogen-bond donors (Lipinski definition) is 1. The van der Waals surface area contributed by atoms with E-state index < -0.39 is 0 Å². The minimum absolute atomic E-state index is 0.118. The SMILES string of the molecule is CNC(C)c1ccc(OCCCOCCOC)c(F)c1. The van der Waals surface area contributed by atoms with Gasteiger partial charge in [-0.25, -0.2) is 4.39 Å². The van der Waals surface area contributed by atoms with Crippen molar-refractivity contribution in [2.75, 3.05) is 40.6 Å². The predicted molar refractivity (Wildman–Crippen MR) is 76.7 cm³/mol. The second-order valence-corrected chi connectivity index (χ2v) is 4.51. The second kappa shape index (κ2) is 9.69. The zero-order chi connectivity index (χ0) is 14.8. The van der Waals surface area contributed by atoms with Gasteiger partial charge in [-0.15, -0.1) is 0 Å². The Morgan fingerprint density at radius 3 is 2.65 bits per heavy atom. The quantitative estimate of drug-likeness (QED) is 0.671. The molecule has 0 aromatic heterocycles. The van der Waals surface area contributed by atoms with Crippen molar-refractivity contribution >= 4 is 0 Å².